The van der Waals surface area contributed by atoms with Gasteiger partial charge in [0, 0.05) is 20.6 Å². The van der Waals surface area contributed by atoms with E-state index in [0.717, 1.165) is 11.9 Å². The lowest BCUT2D eigenvalue weighted by Crippen LogP contribution is -2.23. The second kappa shape index (κ2) is 7.22. The average Bonchev–Trinajstić information content (AvgIpc) is 2.72. The molecule has 0 aromatic carbocycles. The van der Waals surface area contributed by atoms with Crippen molar-refractivity contribution in [1.29, 1.82) is 0 Å². The van der Waals surface area contributed by atoms with Gasteiger partial charge in [0.05, 0.1) is 5.69 Å². The Bertz CT molecular complexity index is 490. The molecule has 0 atom stereocenters. The number of ether oxygens (including phenoxy) is 1. The monoisotopic (exact) mass is 312 g/mol. The van der Waals surface area contributed by atoms with Crippen LogP contribution >= 0.6 is 0 Å². The Morgan fingerprint density at radius 2 is 2.00 bits per heavy atom. The Morgan fingerprint density at radius 1 is 1.38 bits per heavy atom. The third-order valence-electron chi connectivity index (χ3n) is 3.34. The zero-order chi connectivity index (χ0) is 16.2. The summed E-state index contributed by atoms with van der Waals surface area (Å²) in [5, 5.41) is 9.45. The molecule has 0 spiro atoms. The van der Waals surface area contributed by atoms with Gasteiger partial charge in [-0.05, 0) is 12.5 Å². The molecule has 1 aromatic rings. The van der Waals surface area contributed by atoms with E-state index in [2.05, 4.69) is 24.6 Å². The molecular formula is C15H28N2O3Si. The number of aromatic carboxylic acids is 1. The summed E-state index contributed by atoms with van der Waals surface area (Å²) in [6.45, 7) is 13.8. The molecule has 0 aliphatic heterocycles. The highest BCUT2D eigenvalue weighted by Gasteiger charge is 2.23. The first-order valence-corrected chi connectivity index (χ1v) is 11.3. The lowest BCUT2D eigenvalue weighted by Gasteiger charge is -2.17. The molecule has 0 aliphatic carbocycles. The molecule has 0 unspecified atom stereocenters. The Hall–Kier alpha value is -1.14. The van der Waals surface area contributed by atoms with E-state index in [1.807, 2.05) is 20.8 Å². The maximum atomic E-state index is 11.5. The van der Waals surface area contributed by atoms with Gasteiger partial charge in [-0.2, -0.15) is 0 Å². The molecule has 1 N–H and O–H groups in total. The van der Waals surface area contributed by atoms with Gasteiger partial charge in [-0.3, -0.25) is 4.57 Å². The largest absolute Gasteiger partial charge is 0.477 e. The zero-order valence-electron chi connectivity index (χ0n) is 14.1. The van der Waals surface area contributed by atoms with Crippen molar-refractivity contribution in [2.45, 2.75) is 65.5 Å². The Morgan fingerprint density at radius 3 is 2.43 bits per heavy atom. The number of aromatic nitrogens is 2. The first-order chi connectivity index (χ1) is 9.67. The highest BCUT2D eigenvalue weighted by molar-refractivity contribution is 6.76. The molecule has 0 bridgehead atoms. The van der Waals surface area contributed by atoms with Crippen LogP contribution in [-0.2, 0) is 17.9 Å². The van der Waals surface area contributed by atoms with Gasteiger partial charge in [0.1, 0.15) is 12.6 Å². The molecule has 5 nitrogen and oxygen atoms in total. The predicted molar refractivity (Wildman–Crippen MR) is 86.8 cm³/mol. The molecule has 0 saturated heterocycles. The first kappa shape index (κ1) is 17.9. The SMILES string of the molecule is CCc1nc(C(C)C)n(COCC[Si](C)(C)C)c1C(=O)O. The Kier molecular flexibility index (Phi) is 6.16. The van der Waals surface area contributed by atoms with Gasteiger partial charge in [-0.1, -0.05) is 40.4 Å². The number of hydrogen-bond acceptors (Lipinski definition) is 3. The summed E-state index contributed by atoms with van der Waals surface area (Å²) in [7, 11) is -1.13. The van der Waals surface area contributed by atoms with Gasteiger partial charge in [0.15, 0.2) is 5.69 Å². The van der Waals surface area contributed by atoms with Crippen molar-refractivity contribution < 1.29 is 14.6 Å². The van der Waals surface area contributed by atoms with Gasteiger partial charge >= 0.3 is 5.97 Å². The third-order valence-corrected chi connectivity index (χ3v) is 5.04. The van der Waals surface area contributed by atoms with Crippen molar-refractivity contribution in [3.05, 3.63) is 17.2 Å². The fraction of sp³-hybridized carbons (Fsp3) is 0.733. The van der Waals surface area contributed by atoms with Gasteiger partial charge in [-0.15, -0.1) is 0 Å². The maximum absolute atomic E-state index is 11.5. The van der Waals surface area contributed by atoms with Crippen molar-refractivity contribution in [3.8, 4) is 0 Å². The average molecular weight is 312 g/mol. The predicted octanol–water partition coefficient (Wildman–Crippen LogP) is 3.58. The minimum Gasteiger partial charge on any atom is -0.477 e. The van der Waals surface area contributed by atoms with E-state index in [4.69, 9.17) is 4.74 Å². The van der Waals surface area contributed by atoms with Gasteiger partial charge in [-0.25, -0.2) is 9.78 Å². The van der Waals surface area contributed by atoms with Crippen LogP contribution in [0, 0.1) is 0 Å². The van der Waals surface area contributed by atoms with Crippen LogP contribution in [0.1, 0.15) is 48.7 Å². The van der Waals surface area contributed by atoms with E-state index in [1.165, 1.54) is 0 Å². The number of hydrogen-bond donors (Lipinski definition) is 1. The van der Waals surface area contributed by atoms with Crippen molar-refractivity contribution in [1.82, 2.24) is 9.55 Å². The van der Waals surface area contributed by atoms with E-state index in [-0.39, 0.29) is 18.3 Å². The lowest BCUT2D eigenvalue weighted by molar-refractivity contribution is 0.0613. The third kappa shape index (κ3) is 4.96. The molecule has 0 fully saturated rings. The fourth-order valence-electron chi connectivity index (χ4n) is 2.11. The molecule has 0 amide bonds. The molecule has 1 rings (SSSR count). The summed E-state index contributed by atoms with van der Waals surface area (Å²) >= 11 is 0. The van der Waals surface area contributed by atoms with E-state index in [1.54, 1.807) is 4.57 Å². The summed E-state index contributed by atoms with van der Waals surface area (Å²) < 4.78 is 7.45. The quantitative estimate of drug-likeness (QED) is 0.588. The lowest BCUT2D eigenvalue weighted by atomic mass is 10.2. The molecule has 1 heterocycles. The highest BCUT2D eigenvalue weighted by atomic mass is 28.3. The second-order valence-corrected chi connectivity index (χ2v) is 12.5. The van der Waals surface area contributed by atoms with Crippen molar-refractivity contribution >= 4 is 14.0 Å². The number of nitrogens with zero attached hydrogens (tertiary/aromatic N) is 2. The minimum atomic E-state index is -1.13. The van der Waals surface area contributed by atoms with Crippen molar-refractivity contribution in [2.24, 2.45) is 0 Å². The molecule has 0 radical (unpaired) electrons. The van der Waals surface area contributed by atoms with E-state index >= 15 is 0 Å². The van der Waals surface area contributed by atoms with Crippen molar-refractivity contribution in [2.75, 3.05) is 6.61 Å². The number of rotatable bonds is 8. The molecule has 0 saturated carbocycles. The highest BCUT2D eigenvalue weighted by Crippen LogP contribution is 2.20. The smallest absolute Gasteiger partial charge is 0.354 e. The minimum absolute atomic E-state index is 0.170. The standard InChI is InChI=1S/C15H28N2O3Si/c1-7-12-13(15(18)19)17(14(16-12)11(2)3)10-20-8-9-21(4,5)6/h11H,7-10H2,1-6H3,(H,18,19). The van der Waals surface area contributed by atoms with Gasteiger partial charge < -0.3 is 9.84 Å². The van der Waals surface area contributed by atoms with Crippen LogP contribution in [0.15, 0.2) is 0 Å². The maximum Gasteiger partial charge on any atom is 0.354 e. The molecule has 120 valence electrons. The van der Waals surface area contributed by atoms with Crippen LogP contribution in [0.5, 0.6) is 0 Å². The topological polar surface area (TPSA) is 64.4 Å². The Labute approximate surface area is 128 Å². The van der Waals surface area contributed by atoms with E-state index < -0.39 is 14.0 Å². The van der Waals surface area contributed by atoms with Gasteiger partial charge in [0.25, 0.3) is 0 Å². The molecular weight excluding hydrogens is 284 g/mol. The second-order valence-electron chi connectivity index (χ2n) is 6.85. The van der Waals surface area contributed by atoms with E-state index in [0.29, 0.717) is 18.7 Å². The number of carboxylic acids is 1. The normalized spacial score (nSPS) is 12.1. The number of carbonyl (C=O) groups is 1. The number of imidazole rings is 1. The summed E-state index contributed by atoms with van der Waals surface area (Å²) in [6.07, 6.45) is 0.614. The molecule has 1 aromatic heterocycles. The first-order valence-electron chi connectivity index (χ1n) is 7.57. The van der Waals surface area contributed by atoms with Crippen molar-refractivity contribution in [3.63, 3.8) is 0 Å². The molecule has 6 heteroatoms. The number of aryl methyl sites for hydroxylation is 1. The summed E-state index contributed by atoms with van der Waals surface area (Å²) in [4.78, 5) is 16.0. The fourth-order valence-corrected chi connectivity index (χ4v) is 2.87. The van der Waals surface area contributed by atoms with Crippen LogP contribution in [0.4, 0.5) is 0 Å². The van der Waals surface area contributed by atoms with E-state index in [9.17, 15) is 9.90 Å². The van der Waals surface area contributed by atoms with Crippen LogP contribution < -0.4 is 0 Å². The van der Waals surface area contributed by atoms with Crippen LogP contribution in [-0.4, -0.2) is 35.3 Å². The number of carboxylic acid groups (broad SMARTS) is 1. The molecule has 21 heavy (non-hydrogen) atoms. The summed E-state index contributed by atoms with van der Waals surface area (Å²) in [6, 6.07) is 1.07. The van der Waals surface area contributed by atoms with Crippen LogP contribution in [0.2, 0.25) is 25.7 Å². The summed E-state index contributed by atoms with van der Waals surface area (Å²) in [5.74, 6) is 0.0290. The molecule has 0 aliphatic rings. The Balaban J connectivity index is 2.92. The van der Waals surface area contributed by atoms with Gasteiger partial charge in [0.2, 0.25) is 0 Å². The summed E-state index contributed by atoms with van der Waals surface area (Å²) in [5.41, 5.74) is 0.911. The van der Waals surface area contributed by atoms with Crippen LogP contribution in [0.3, 0.4) is 0 Å². The zero-order valence-corrected chi connectivity index (χ0v) is 15.1. The van der Waals surface area contributed by atoms with Crippen LogP contribution in [0.25, 0.3) is 0 Å².